The van der Waals surface area contributed by atoms with E-state index in [0.29, 0.717) is 17.1 Å². The van der Waals surface area contributed by atoms with Crippen molar-refractivity contribution in [1.82, 2.24) is 0 Å². The highest BCUT2D eigenvalue weighted by Crippen LogP contribution is 2.70. The van der Waals surface area contributed by atoms with Gasteiger partial charge in [-0.2, -0.15) is 0 Å². The number of ketones is 1. The van der Waals surface area contributed by atoms with Gasteiger partial charge in [-0.1, -0.05) is 33.8 Å². The number of rotatable bonds is 0. The summed E-state index contributed by atoms with van der Waals surface area (Å²) in [5.41, 5.74) is 0.991. The summed E-state index contributed by atoms with van der Waals surface area (Å²) in [5, 5.41) is 11.0. The molecule has 4 aliphatic carbocycles. The zero-order valence-corrected chi connectivity index (χ0v) is 14.3. The van der Waals surface area contributed by atoms with Crippen molar-refractivity contribution < 1.29 is 9.90 Å². The van der Waals surface area contributed by atoms with E-state index in [1.807, 2.05) is 0 Å². The maximum absolute atomic E-state index is 13.1. The molecule has 0 amide bonds. The van der Waals surface area contributed by atoms with E-state index < -0.39 is 0 Å². The molecule has 0 aromatic heterocycles. The van der Waals surface area contributed by atoms with Gasteiger partial charge in [-0.25, -0.2) is 0 Å². The molecule has 0 saturated heterocycles. The first-order chi connectivity index (χ1) is 10.2. The van der Waals surface area contributed by atoms with Gasteiger partial charge in [0.25, 0.3) is 0 Å². The van der Waals surface area contributed by atoms with E-state index in [4.69, 9.17) is 0 Å². The van der Waals surface area contributed by atoms with Gasteiger partial charge in [0.2, 0.25) is 0 Å². The van der Waals surface area contributed by atoms with Gasteiger partial charge in [0.15, 0.2) is 5.78 Å². The first-order valence-electron chi connectivity index (χ1n) is 9.14. The Kier molecular flexibility index (Phi) is 2.89. The highest BCUT2D eigenvalue weighted by Gasteiger charge is 2.68. The molecule has 1 spiro atoms. The van der Waals surface area contributed by atoms with E-state index in [0.717, 1.165) is 31.3 Å². The molecule has 0 aliphatic heterocycles. The Balaban J connectivity index is 1.83. The maximum atomic E-state index is 13.1. The Hall–Kier alpha value is -0.630. The fourth-order valence-corrected chi connectivity index (χ4v) is 7.55. The topological polar surface area (TPSA) is 37.3 Å². The van der Waals surface area contributed by atoms with Crippen molar-refractivity contribution >= 4 is 5.78 Å². The molecular formula is C20H30O2. The molecule has 2 unspecified atom stereocenters. The second-order valence-electron chi connectivity index (χ2n) is 9.63. The molecule has 0 aromatic carbocycles. The second-order valence-corrected chi connectivity index (χ2v) is 9.63. The molecule has 0 aromatic rings. The number of hydrogen-bond donors (Lipinski definition) is 1. The monoisotopic (exact) mass is 302 g/mol. The average Bonchev–Trinajstić information content (AvgIpc) is 2.59. The lowest BCUT2D eigenvalue weighted by Gasteiger charge is -2.64. The largest absolute Gasteiger partial charge is 0.393 e. The summed E-state index contributed by atoms with van der Waals surface area (Å²) in [5.74, 6) is 1.34. The maximum Gasteiger partial charge on any atom is 0.165 e. The van der Waals surface area contributed by atoms with E-state index in [-0.39, 0.29) is 28.8 Å². The molecular weight excluding hydrogens is 272 g/mol. The van der Waals surface area contributed by atoms with Gasteiger partial charge >= 0.3 is 0 Å². The van der Waals surface area contributed by atoms with Crippen LogP contribution in [0.25, 0.3) is 0 Å². The summed E-state index contributed by atoms with van der Waals surface area (Å²) in [6.45, 7) is 11.3. The molecule has 2 bridgehead atoms. The quantitative estimate of drug-likeness (QED) is 0.683. The standard InChI is InChI=1S/C20H30O2/c1-12-13-10-14(21)16-19(4)8-5-7-18(2,3)15(19)6-9-20(16,11-13)17(12)22/h13-16,21H,1,5-11H2,2-4H3/t13-,14?,15-,16?,19-,20-/m1/s1. The van der Waals surface area contributed by atoms with E-state index in [1.165, 1.54) is 19.3 Å². The van der Waals surface area contributed by atoms with Gasteiger partial charge in [-0.3, -0.25) is 4.79 Å². The number of aliphatic hydroxyl groups is 1. The Labute approximate surface area is 134 Å². The first-order valence-corrected chi connectivity index (χ1v) is 9.14. The fraction of sp³-hybridized carbons (Fsp3) is 0.850. The van der Waals surface area contributed by atoms with Crippen LogP contribution >= 0.6 is 0 Å². The van der Waals surface area contributed by atoms with Crippen LogP contribution in [0, 0.1) is 34.0 Å². The van der Waals surface area contributed by atoms with Crippen LogP contribution in [-0.2, 0) is 4.79 Å². The van der Waals surface area contributed by atoms with Gasteiger partial charge in [0, 0.05) is 11.3 Å². The Morgan fingerprint density at radius 3 is 2.64 bits per heavy atom. The lowest BCUT2D eigenvalue weighted by Crippen LogP contribution is -2.61. The van der Waals surface area contributed by atoms with Crippen LogP contribution in [0.15, 0.2) is 12.2 Å². The number of carbonyl (C=O) groups is 1. The number of Topliss-reactive ketones (excluding diaryl/α,β-unsaturated/α-hetero) is 1. The number of aliphatic hydroxyl groups excluding tert-OH is 1. The highest BCUT2D eigenvalue weighted by atomic mass is 16.3. The third-order valence-corrected chi connectivity index (χ3v) is 8.22. The van der Waals surface area contributed by atoms with Gasteiger partial charge in [-0.05, 0) is 66.8 Å². The predicted octanol–water partition coefficient (Wildman–Crippen LogP) is 4.13. The van der Waals surface area contributed by atoms with Crippen molar-refractivity contribution in [1.29, 1.82) is 0 Å². The molecule has 122 valence electrons. The molecule has 0 radical (unpaired) electrons. The summed E-state index contributed by atoms with van der Waals surface area (Å²) in [6.07, 6.45) is 7.24. The van der Waals surface area contributed by atoms with Gasteiger partial charge in [0.1, 0.15) is 0 Å². The Morgan fingerprint density at radius 2 is 1.91 bits per heavy atom. The van der Waals surface area contributed by atoms with Crippen molar-refractivity contribution in [3.8, 4) is 0 Å². The molecule has 0 heterocycles. The fourth-order valence-electron chi connectivity index (χ4n) is 7.55. The molecule has 2 heteroatoms. The van der Waals surface area contributed by atoms with Crippen molar-refractivity contribution in [3.63, 3.8) is 0 Å². The van der Waals surface area contributed by atoms with Gasteiger partial charge in [-0.15, -0.1) is 0 Å². The SMILES string of the molecule is C=C1C(=O)[C@@]23CC[C@@H]4C(C)(C)CCC[C@@]4(C)C2C(O)C[C@@H]1C3. The number of carbonyl (C=O) groups excluding carboxylic acids is 1. The summed E-state index contributed by atoms with van der Waals surface area (Å²) in [6, 6.07) is 0. The van der Waals surface area contributed by atoms with Crippen LogP contribution in [0.5, 0.6) is 0 Å². The summed E-state index contributed by atoms with van der Waals surface area (Å²) >= 11 is 0. The molecule has 22 heavy (non-hydrogen) atoms. The molecule has 1 N–H and O–H groups in total. The van der Waals surface area contributed by atoms with E-state index in [2.05, 4.69) is 27.4 Å². The second kappa shape index (κ2) is 4.26. The minimum Gasteiger partial charge on any atom is -0.393 e. The summed E-state index contributed by atoms with van der Waals surface area (Å²) in [4.78, 5) is 13.1. The van der Waals surface area contributed by atoms with Crippen LogP contribution < -0.4 is 0 Å². The lowest BCUT2D eigenvalue weighted by molar-refractivity contribution is -0.187. The summed E-state index contributed by atoms with van der Waals surface area (Å²) < 4.78 is 0. The Bertz CT molecular complexity index is 548. The van der Waals surface area contributed by atoms with Gasteiger partial charge in [0.05, 0.1) is 6.10 Å². The molecule has 4 rings (SSSR count). The molecule has 2 nitrogen and oxygen atoms in total. The van der Waals surface area contributed by atoms with Crippen LogP contribution in [0.2, 0.25) is 0 Å². The van der Waals surface area contributed by atoms with E-state index >= 15 is 0 Å². The van der Waals surface area contributed by atoms with Crippen molar-refractivity contribution in [2.24, 2.45) is 34.0 Å². The van der Waals surface area contributed by atoms with Gasteiger partial charge < -0.3 is 5.11 Å². The van der Waals surface area contributed by atoms with Crippen LogP contribution in [0.4, 0.5) is 0 Å². The van der Waals surface area contributed by atoms with E-state index in [9.17, 15) is 9.90 Å². The normalized spacial score (nSPS) is 53.1. The molecule has 4 fully saturated rings. The average molecular weight is 302 g/mol. The zero-order chi connectivity index (χ0) is 15.9. The first kappa shape index (κ1) is 14.9. The van der Waals surface area contributed by atoms with Crippen molar-refractivity contribution in [2.45, 2.75) is 71.8 Å². The minimum absolute atomic E-state index is 0.116. The third-order valence-electron chi connectivity index (χ3n) is 8.22. The smallest absolute Gasteiger partial charge is 0.165 e. The summed E-state index contributed by atoms with van der Waals surface area (Å²) in [7, 11) is 0. The molecule has 4 saturated carbocycles. The number of hydrogen-bond acceptors (Lipinski definition) is 2. The predicted molar refractivity (Wildman–Crippen MR) is 87.3 cm³/mol. The highest BCUT2D eigenvalue weighted by molar-refractivity contribution is 6.03. The van der Waals surface area contributed by atoms with Crippen LogP contribution in [0.1, 0.15) is 65.7 Å². The molecule has 4 aliphatic rings. The van der Waals surface area contributed by atoms with Crippen molar-refractivity contribution in [3.05, 3.63) is 12.2 Å². The van der Waals surface area contributed by atoms with Crippen LogP contribution in [0.3, 0.4) is 0 Å². The Morgan fingerprint density at radius 1 is 1.18 bits per heavy atom. The van der Waals surface area contributed by atoms with Crippen molar-refractivity contribution in [2.75, 3.05) is 0 Å². The lowest BCUT2D eigenvalue weighted by atomic mass is 9.40. The zero-order valence-electron chi connectivity index (χ0n) is 14.3. The minimum atomic E-state index is -0.316. The van der Waals surface area contributed by atoms with E-state index in [1.54, 1.807) is 0 Å². The number of fused-ring (bicyclic) bond motifs is 3. The number of allylic oxidation sites excluding steroid dienone is 1. The van der Waals surface area contributed by atoms with Crippen LogP contribution in [-0.4, -0.2) is 17.0 Å². The molecule has 6 atom stereocenters. The third kappa shape index (κ3) is 1.58.